The largest absolute Gasteiger partial charge is 0.495 e. The van der Waals surface area contributed by atoms with Gasteiger partial charge in [-0.15, -0.1) is 11.3 Å². The van der Waals surface area contributed by atoms with Gasteiger partial charge in [0.05, 0.1) is 31.0 Å². The molecule has 3 rings (SSSR count). The standard InChI is InChI=1S/C16H18ClNO2S/c1-19-14-9-13(15(20-2)8-11(14)17)18-12-4-3-5-16-10(12)6-7-21-16/h6-9,12,18H,3-5H2,1-2H3. The molecule has 112 valence electrons. The number of nitrogens with one attached hydrogen (secondary N) is 1. The predicted octanol–water partition coefficient (Wildman–Crippen LogP) is 4.91. The van der Waals surface area contributed by atoms with Gasteiger partial charge in [0.25, 0.3) is 0 Å². The van der Waals surface area contributed by atoms with E-state index >= 15 is 0 Å². The van der Waals surface area contributed by atoms with Crippen molar-refractivity contribution in [2.75, 3.05) is 19.5 Å². The highest BCUT2D eigenvalue weighted by Crippen LogP contribution is 2.40. The maximum absolute atomic E-state index is 6.16. The van der Waals surface area contributed by atoms with Gasteiger partial charge in [-0.3, -0.25) is 0 Å². The Labute approximate surface area is 133 Å². The van der Waals surface area contributed by atoms with Crippen molar-refractivity contribution in [1.29, 1.82) is 0 Å². The number of anilines is 1. The molecule has 1 N–H and O–H groups in total. The summed E-state index contributed by atoms with van der Waals surface area (Å²) in [4.78, 5) is 1.48. The summed E-state index contributed by atoms with van der Waals surface area (Å²) in [5.41, 5.74) is 2.32. The van der Waals surface area contributed by atoms with Crippen LogP contribution in [0.3, 0.4) is 0 Å². The molecule has 1 heterocycles. The van der Waals surface area contributed by atoms with Crippen LogP contribution in [-0.2, 0) is 6.42 Å². The molecule has 5 heteroatoms. The van der Waals surface area contributed by atoms with Crippen LogP contribution >= 0.6 is 22.9 Å². The molecule has 0 saturated carbocycles. The van der Waals surface area contributed by atoms with E-state index in [0.29, 0.717) is 16.8 Å². The minimum atomic E-state index is 0.319. The van der Waals surface area contributed by atoms with Crippen molar-refractivity contribution in [2.24, 2.45) is 0 Å². The van der Waals surface area contributed by atoms with Gasteiger partial charge in [0.1, 0.15) is 11.5 Å². The van der Waals surface area contributed by atoms with Gasteiger partial charge >= 0.3 is 0 Å². The first-order valence-corrected chi connectivity index (χ1v) is 8.23. The number of ether oxygens (including phenoxy) is 2. The van der Waals surface area contributed by atoms with E-state index in [1.165, 1.54) is 23.3 Å². The molecular weight excluding hydrogens is 306 g/mol. The third kappa shape index (κ3) is 2.83. The molecule has 1 aromatic carbocycles. The van der Waals surface area contributed by atoms with Gasteiger partial charge in [-0.05, 0) is 36.3 Å². The lowest BCUT2D eigenvalue weighted by Crippen LogP contribution is -2.16. The summed E-state index contributed by atoms with van der Waals surface area (Å²) in [6.45, 7) is 0. The van der Waals surface area contributed by atoms with Crippen molar-refractivity contribution in [2.45, 2.75) is 25.3 Å². The van der Waals surface area contributed by atoms with E-state index in [-0.39, 0.29) is 0 Å². The van der Waals surface area contributed by atoms with Crippen molar-refractivity contribution in [3.8, 4) is 11.5 Å². The topological polar surface area (TPSA) is 30.5 Å². The van der Waals surface area contributed by atoms with Crippen molar-refractivity contribution in [3.63, 3.8) is 0 Å². The molecule has 1 unspecified atom stereocenters. The van der Waals surface area contributed by atoms with Crippen LogP contribution in [0, 0.1) is 0 Å². The Balaban J connectivity index is 1.92. The third-order valence-electron chi connectivity index (χ3n) is 3.86. The van der Waals surface area contributed by atoms with Gasteiger partial charge in [0.15, 0.2) is 0 Å². The number of fused-ring (bicyclic) bond motifs is 1. The van der Waals surface area contributed by atoms with Gasteiger partial charge in [-0.2, -0.15) is 0 Å². The summed E-state index contributed by atoms with van der Waals surface area (Å²) < 4.78 is 10.7. The zero-order valence-corrected chi connectivity index (χ0v) is 13.7. The zero-order chi connectivity index (χ0) is 14.8. The molecule has 21 heavy (non-hydrogen) atoms. The van der Waals surface area contributed by atoms with Crippen LogP contribution < -0.4 is 14.8 Å². The van der Waals surface area contributed by atoms with Crippen molar-refractivity contribution in [1.82, 2.24) is 0 Å². The van der Waals surface area contributed by atoms with Crippen LogP contribution in [-0.4, -0.2) is 14.2 Å². The third-order valence-corrected chi connectivity index (χ3v) is 5.15. The molecule has 1 aliphatic carbocycles. The molecule has 0 aliphatic heterocycles. The number of halogens is 1. The highest BCUT2D eigenvalue weighted by molar-refractivity contribution is 7.10. The number of hydrogen-bond acceptors (Lipinski definition) is 4. The molecular formula is C16H18ClNO2S. The summed E-state index contributed by atoms with van der Waals surface area (Å²) in [5.74, 6) is 1.39. The second kappa shape index (κ2) is 6.16. The summed E-state index contributed by atoms with van der Waals surface area (Å²) in [7, 11) is 3.27. The second-order valence-corrected chi connectivity index (χ2v) is 6.48. The smallest absolute Gasteiger partial charge is 0.143 e. The van der Waals surface area contributed by atoms with Crippen molar-refractivity contribution in [3.05, 3.63) is 39.0 Å². The molecule has 1 aliphatic rings. The molecule has 0 amide bonds. The van der Waals surface area contributed by atoms with Gasteiger partial charge in [-0.25, -0.2) is 0 Å². The first-order chi connectivity index (χ1) is 10.2. The zero-order valence-electron chi connectivity index (χ0n) is 12.1. The minimum absolute atomic E-state index is 0.319. The van der Waals surface area contributed by atoms with E-state index in [4.69, 9.17) is 21.1 Å². The van der Waals surface area contributed by atoms with Gasteiger partial charge in [-0.1, -0.05) is 11.6 Å². The van der Waals surface area contributed by atoms with Crippen molar-refractivity contribution < 1.29 is 9.47 Å². The minimum Gasteiger partial charge on any atom is -0.495 e. The number of aryl methyl sites for hydroxylation is 1. The van der Waals surface area contributed by atoms with Crippen LogP contribution in [0.25, 0.3) is 0 Å². The maximum Gasteiger partial charge on any atom is 0.143 e. The monoisotopic (exact) mass is 323 g/mol. The van der Waals surface area contributed by atoms with Crippen LogP contribution in [0.1, 0.15) is 29.3 Å². The molecule has 2 aromatic rings. The molecule has 3 nitrogen and oxygen atoms in total. The van der Waals surface area contributed by atoms with Gasteiger partial charge in [0.2, 0.25) is 0 Å². The Bertz CT molecular complexity index is 641. The number of thiophene rings is 1. The summed E-state index contributed by atoms with van der Waals surface area (Å²) in [6, 6.07) is 6.23. The van der Waals surface area contributed by atoms with Crippen LogP contribution in [0.2, 0.25) is 5.02 Å². The van der Waals surface area contributed by atoms with E-state index in [1.54, 1.807) is 20.3 Å². The highest BCUT2D eigenvalue weighted by atomic mass is 35.5. The number of hydrogen-bond donors (Lipinski definition) is 1. The lowest BCUT2D eigenvalue weighted by molar-refractivity contribution is 0.404. The normalized spacial score (nSPS) is 17.2. The molecule has 0 bridgehead atoms. The van der Waals surface area contributed by atoms with E-state index < -0.39 is 0 Å². The Morgan fingerprint density at radius 1 is 1.24 bits per heavy atom. The van der Waals surface area contributed by atoms with E-state index in [0.717, 1.165) is 17.9 Å². The van der Waals surface area contributed by atoms with Crippen molar-refractivity contribution >= 4 is 28.6 Å². The van der Waals surface area contributed by atoms with E-state index in [2.05, 4.69) is 16.8 Å². The van der Waals surface area contributed by atoms with Crippen LogP contribution in [0.15, 0.2) is 23.6 Å². The quantitative estimate of drug-likeness (QED) is 0.867. The SMILES string of the molecule is COc1cc(NC2CCCc3sccc32)c(OC)cc1Cl. The van der Waals surface area contributed by atoms with E-state index in [1.807, 2.05) is 17.4 Å². The fourth-order valence-corrected chi connectivity index (χ4v) is 4.02. The predicted molar refractivity (Wildman–Crippen MR) is 88.2 cm³/mol. The van der Waals surface area contributed by atoms with Gasteiger partial charge in [0, 0.05) is 17.0 Å². The molecule has 1 aromatic heterocycles. The maximum atomic E-state index is 6.16. The Kier molecular flexibility index (Phi) is 4.27. The molecule has 0 saturated heterocycles. The first-order valence-electron chi connectivity index (χ1n) is 6.97. The number of rotatable bonds is 4. The average Bonchev–Trinajstić information content (AvgIpc) is 2.98. The lowest BCUT2D eigenvalue weighted by atomic mass is 9.94. The Morgan fingerprint density at radius 2 is 2.05 bits per heavy atom. The Hall–Kier alpha value is -1.39. The fourth-order valence-electron chi connectivity index (χ4n) is 2.80. The molecule has 0 radical (unpaired) electrons. The molecule has 0 spiro atoms. The highest BCUT2D eigenvalue weighted by Gasteiger charge is 2.22. The van der Waals surface area contributed by atoms with E-state index in [9.17, 15) is 0 Å². The molecule has 0 fully saturated rings. The average molecular weight is 324 g/mol. The summed E-state index contributed by atoms with van der Waals surface area (Å²) >= 11 is 8.00. The molecule has 1 atom stereocenters. The van der Waals surface area contributed by atoms with Crippen LogP contribution in [0.5, 0.6) is 11.5 Å². The fraction of sp³-hybridized carbons (Fsp3) is 0.375. The summed E-state index contributed by atoms with van der Waals surface area (Å²) in [6.07, 6.45) is 3.52. The van der Waals surface area contributed by atoms with Gasteiger partial charge < -0.3 is 14.8 Å². The lowest BCUT2D eigenvalue weighted by Gasteiger charge is -2.26. The number of benzene rings is 1. The summed E-state index contributed by atoms with van der Waals surface area (Å²) in [5, 5.41) is 6.31. The first kappa shape index (κ1) is 14.5. The second-order valence-electron chi connectivity index (χ2n) is 5.08. The number of methoxy groups -OCH3 is 2. The van der Waals surface area contributed by atoms with Crippen LogP contribution in [0.4, 0.5) is 5.69 Å². The Morgan fingerprint density at radius 3 is 2.81 bits per heavy atom.